The van der Waals surface area contributed by atoms with E-state index in [-0.39, 0.29) is 25.2 Å². The number of H-pyrrole nitrogens is 1. The van der Waals surface area contributed by atoms with Crippen molar-refractivity contribution >= 4 is 28.7 Å². The smallest absolute Gasteiger partial charge is 0.407 e. The molecule has 1 fully saturated rings. The number of alkyl halides is 1. The summed E-state index contributed by atoms with van der Waals surface area (Å²) in [4.78, 5) is 24.3. The maximum atomic E-state index is 15.0. The molecular formula is C18H17FN6O3. The molecule has 28 heavy (non-hydrogen) atoms. The number of amides is 2. The Labute approximate surface area is 158 Å². The number of hydrogen-bond acceptors (Lipinski definition) is 5. The molecule has 2 amide bonds. The summed E-state index contributed by atoms with van der Waals surface area (Å²) in [5.74, 6) is -0.828. The van der Waals surface area contributed by atoms with E-state index >= 15 is 0 Å². The lowest BCUT2D eigenvalue weighted by molar-refractivity contribution is -0.130. The summed E-state index contributed by atoms with van der Waals surface area (Å²) >= 11 is 0. The number of hydrogen-bond donors (Lipinski definition) is 3. The van der Waals surface area contributed by atoms with E-state index in [1.54, 1.807) is 12.3 Å². The van der Waals surface area contributed by atoms with Gasteiger partial charge in [0.25, 0.3) is 5.91 Å². The lowest BCUT2D eigenvalue weighted by Crippen LogP contribution is -2.53. The predicted molar refractivity (Wildman–Crippen MR) is 98.4 cm³/mol. The number of benzene rings is 1. The van der Waals surface area contributed by atoms with Crippen molar-refractivity contribution in [1.82, 2.24) is 25.3 Å². The van der Waals surface area contributed by atoms with Crippen LogP contribution in [0.15, 0.2) is 36.5 Å². The monoisotopic (exact) mass is 384 g/mol. The van der Waals surface area contributed by atoms with E-state index in [1.807, 2.05) is 18.2 Å². The Bertz CT molecular complexity index is 1040. The number of fused-ring (bicyclic) bond motifs is 1. The zero-order valence-electron chi connectivity index (χ0n) is 14.7. The molecule has 1 aliphatic heterocycles. The highest BCUT2D eigenvalue weighted by Crippen LogP contribution is 2.28. The highest BCUT2D eigenvalue weighted by molar-refractivity contribution is 5.97. The molecule has 3 aromatic rings. The molecule has 0 bridgehead atoms. The molecular weight excluding hydrogens is 367 g/mol. The lowest BCUT2D eigenvalue weighted by atomic mass is 9.94. The summed E-state index contributed by atoms with van der Waals surface area (Å²) < 4.78 is 15.0. The van der Waals surface area contributed by atoms with Crippen LogP contribution < -0.4 is 5.32 Å². The average molecular weight is 384 g/mol. The van der Waals surface area contributed by atoms with E-state index in [2.05, 4.69) is 25.7 Å². The minimum atomic E-state index is -2.29. The van der Waals surface area contributed by atoms with Crippen molar-refractivity contribution in [2.45, 2.75) is 18.5 Å². The Morgan fingerprint density at radius 3 is 2.86 bits per heavy atom. The van der Waals surface area contributed by atoms with E-state index in [0.717, 1.165) is 21.4 Å². The number of aromatic nitrogens is 4. The van der Waals surface area contributed by atoms with Crippen LogP contribution in [0.1, 0.15) is 12.8 Å². The topological polar surface area (TPSA) is 124 Å². The predicted octanol–water partition coefficient (Wildman–Crippen LogP) is 2.44. The Kier molecular flexibility index (Phi) is 4.38. The molecule has 1 saturated heterocycles. The molecule has 0 aliphatic carbocycles. The first-order valence-corrected chi connectivity index (χ1v) is 8.71. The number of aromatic amines is 1. The first-order chi connectivity index (χ1) is 13.5. The normalized spacial score (nSPS) is 19.5. The first-order valence-electron chi connectivity index (χ1n) is 8.71. The summed E-state index contributed by atoms with van der Waals surface area (Å²) in [5.41, 5.74) is -0.116. The Morgan fingerprint density at radius 1 is 1.25 bits per heavy atom. The molecule has 0 spiro atoms. The van der Waals surface area contributed by atoms with Crippen molar-refractivity contribution < 1.29 is 19.1 Å². The highest BCUT2D eigenvalue weighted by Gasteiger charge is 2.44. The third-order valence-electron chi connectivity index (χ3n) is 4.78. The summed E-state index contributed by atoms with van der Waals surface area (Å²) in [6, 6.07) is 8.83. The second kappa shape index (κ2) is 6.87. The average Bonchev–Trinajstić information content (AvgIpc) is 3.17. The zero-order chi connectivity index (χ0) is 19.7. The van der Waals surface area contributed by atoms with Crippen LogP contribution in [-0.2, 0) is 4.79 Å². The third kappa shape index (κ3) is 3.24. The number of halogens is 1. The van der Waals surface area contributed by atoms with Gasteiger partial charge in [-0.3, -0.25) is 9.89 Å². The number of nitrogens with zero attached hydrogens (tertiary/aromatic N) is 4. The van der Waals surface area contributed by atoms with Gasteiger partial charge in [0.05, 0.1) is 24.0 Å². The van der Waals surface area contributed by atoms with Crippen molar-refractivity contribution in [3.8, 4) is 11.3 Å². The van der Waals surface area contributed by atoms with Gasteiger partial charge in [-0.1, -0.05) is 18.2 Å². The second-order valence-electron chi connectivity index (χ2n) is 6.67. The fourth-order valence-electron chi connectivity index (χ4n) is 3.31. The number of carbonyl (C=O) groups is 2. The lowest BCUT2D eigenvalue weighted by Gasteiger charge is -2.34. The van der Waals surface area contributed by atoms with Crippen molar-refractivity contribution in [2.75, 3.05) is 18.4 Å². The van der Waals surface area contributed by atoms with Gasteiger partial charge in [-0.2, -0.15) is 5.10 Å². The van der Waals surface area contributed by atoms with E-state index in [4.69, 9.17) is 5.11 Å². The molecule has 2 aromatic heterocycles. The number of rotatable bonds is 3. The highest BCUT2D eigenvalue weighted by atomic mass is 19.1. The largest absolute Gasteiger partial charge is 0.465 e. The first kappa shape index (κ1) is 17.8. The number of carbonyl (C=O) groups excluding carboxylic acids is 1. The van der Waals surface area contributed by atoms with Gasteiger partial charge >= 0.3 is 6.09 Å². The third-order valence-corrected chi connectivity index (χ3v) is 4.78. The molecule has 1 atom stereocenters. The number of carboxylic acid groups (broad SMARTS) is 1. The van der Waals surface area contributed by atoms with Gasteiger partial charge in [0.1, 0.15) is 0 Å². The standard InChI is InChI=1S/C18H17FN6O3/c19-18(7-2-8-25(10-18)17(27)28)16(26)21-14-6-5-13(22-23-14)12-4-1-3-11-9-20-24-15(11)12/h1,3-6,9H,2,7-8,10H2,(H,20,24)(H,27,28)(H,21,23,26)/t18-/m1/s1. The maximum absolute atomic E-state index is 15.0. The second-order valence-corrected chi connectivity index (χ2v) is 6.67. The van der Waals surface area contributed by atoms with Gasteiger partial charge in [-0.15, -0.1) is 10.2 Å². The van der Waals surface area contributed by atoms with Gasteiger partial charge in [0.2, 0.25) is 5.67 Å². The summed E-state index contributed by atoms with van der Waals surface area (Å²) in [5, 5.41) is 27.3. The summed E-state index contributed by atoms with van der Waals surface area (Å²) in [7, 11) is 0. The number of para-hydroxylation sites is 1. The number of anilines is 1. The zero-order valence-corrected chi connectivity index (χ0v) is 14.7. The molecule has 3 N–H and O–H groups in total. The van der Waals surface area contributed by atoms with Crippen LogP contribution >= 0.6 is 0 Å². The number of nitrogens with one attached hydrogen (secondary N) is 2. The summed E-state index contributed by atoms with van der Waals surface area (Å²) in [6.07, 6.45) is 0.684. The van der Waals surface area contributed by atoms with Gasteiger partial charge in [0, 0.05) is 17.5 Å². The SMILES string of the molecule is O=C(O)N1CCC[C@](F)(C(=O)Nc2ccc(-c3cccc4cn[nH]c34)nn2)C1. The molecule has 0 radical (unpaired) electrons. The molecule has 9 nitrogen and oxygen atoms in total. The van der Waals surface area contributed by atoms with Crippen LogP contribution in [0.25, 0.3) is 22.2 Å². The maximum Gasteiger partial charge on any atom is 0.407 e. The molecule has 144 valence electrons. The molecule has 0 saturated carbocycles. The fraction of sp³-hybridized carbons (Fsp3) is 0.278. The van der Waals surface area contributed by atoms with Crippen LogP contribution in [0.2, 0.25) is 0 Å². The van der Waals surface area contributed by atoms with Crippen LogP contribution in [0.3, 0.4) is 0 Å². The molecule has 1 aliphatic rings. The Hall–Kier alpha value is -3.56. The van der Waals surface area contributed by atoms with Gasteiger partial charge < -0.3 is 15.3 Å². The van der Waals surface area contributed by atoms with Crippen molar-refractivity contribution in [3.63, 3.8) is 0 Å². The van der Waals surface area contributed by atoms with Crippen molar-refractivity contribution in [3.05, 3.63) is 36.5 Å². The molecule has 4 rings (SSSR count). The van der Waals surface area contributed by atoms with Gasteiger partial charge in [0.15, 0.2) is 5.82 Å². The Morgan fingerprint density at radius 2 is 2.11 bits per heavy atom. The molecule has 1 aromatic carbocycles. The van der Waals surface area contributed by atoms with Crippen LogP contribution in [0, 0.1) is 0 Å². The van der Waals surface area contributed by atoms with Crippen molar-refractivity contribution in [1.29, 1.82) is 0 Å². The van der Waals surface area contributed by atoms with E-state index < -0.39 is 24.2 Å². The van der Waals surface area contributed by atoms with Gasteiger partial charge in [-0.25, -0.2) is 9.18 Å². The van der Waals surface area contributed by atoms with Crippen LogP contribution in [0.4, 0.5) is 15.0 Å². The minimum Gasteiger partial charge on any atom is -0.465 e. The number of piperidine rings is 1. The van der Waals surface area contributed by atoms with Crippen LogP contribution in [0.5, 0.6) is 0 Å². The molecule has 10 heteroatoms. The van der Waals surface area contributed by atoms with Crippen LogP contribution in [-0.4, -0.2) is 61.2 Å². The molecule has 0 unspecified atom stereocenters. The minimum absolute atomic E-state index is 0.0457. The van der Waals surface area contributed by atoms with Crippen molar-refractivity contribution in [2.24, 2.45) is 0 Å². The van der Waals surface area contributed by atoms with Gasteiger partial charge in [-0.05, 0) is 25.0 Å². The van der Waals surface area contributed by atoms with E-state index in [1.165, 1.54) is 6.07 Å². The van der Waals surface area contributed by atoms with E-state index in [9.17, 15) is 14.0 Å². The number of likely N-dealkylation sites (tertiary alicyclic amines) is 1. The summed E-state index contributed by atoms with van der Waals surface area (Å²) in [6.45, 7) is -0.288. The quantitative estimate of drug-likeness (QED) is 0.637. The molecule has 3 heterocycles. The van der Waals surface area contributed by atoms with E-state index in [0.29, 0.717) is 5.69 Å². The Balaban J connectivity index is 1.51. The fourth-order valence-corrected chi connectivity index (χ4v) is 3.31.